The highest BCUT2D eigenvalue weighted by Gasteiger charge is 2.09. The second kappa shape index (κ2) is 4.93. The average Bonchev–Trinajstić information content (AvgIpc) is 2.30. The van der Waals surface area contributed by atoms with Crippen LogP contribution in [0.3, 0.4) is 0 Å². The minimum Gasteiger partial charge on any atom is -0.149 e. The van der Waals surface area contributed by atoms with E-state index < -0.39 is 0 Å². The molecule has 0 aliphatic rings. The molecule has 84 valence electrons. The Morgan fingerprint density at radius 1 is 1.06 bits per heavy atom. The summed E-state index contributed by atoms with van der Waals surface area (Å²) >= 11 is 17.7. The Balaban J connectivity index is 2.58. The van der Waals surface area contributed by atoms with Gasteiger partial charge in [0, 0.05) is 10.6 Å². The predicted molar refractivity (Wildman–Crippen MR) is 70.4 cm³/mol. The highest BCUT2D eigenvalue weighted by molar-refractivity contribution is 6.36. The number of terminal acetylenes is 1. The second-order valence-electron chi connectivity index (χ2n) is 3.20. The zero-order chi connectivity index (χ0) is 12.4. The quantitative estimate of drug-likeness (QED) is 0.737. The molecule has 0 radical (unpaired) electrons. The van der Waals surface area contributed by atoms with Crippen molar-refractivity contribution in [1.82, 2.24) is 10.2 Å². The number of nitrogens with zero attached hydrogens (tertiary/aromatic N) is 2. The van der Waals surface area contributed by atoms with E-state index in [-0.39, 0.29) is 5.15 Å². The lowest BCUT2D eigenvalue weighted by atomic mass is 10.1. The first-order valence-electron chi connectivity index (χ1n) is 4.57. The minimum absolute atomic E-state index is 0.196. The van der Waals surface area contributed by atoms with Crippen molar-refractivity contribution in [2.75, 3.05) is 0 Å². The first kappa shape index (κ1) is 12.2. The average molecular weight is 284 g/mol. The largest absolute Gasteiger partial charge is 0.167 e. The van der Waals surface area contributed by atoms with Gasteiger partial charge >= 0.3 is 0 Å². The fourth-order valence-corrected chi connectivity index (χ4v) is 1.96. The van der Waals surface area contributed by atoms with Crippen LogP contribution in [-0.2, 0) is 0 Å². The van der Waals surface area contributed by atoms with E-state index in [4.69, 9.17) is 41.2 Å². The molecular formula is C12H5Cl3N2. The number of benzene rings is 1. The smallest absolute Gasteiger partial charge is 0.149 e. The summed E-state index contributed by atoms with van der Waals surface area (Å²) in [5.41, 5.74) is 1.74. The Bertz CT molecular complexity index is 618. The maximum Gasteiger partial charge on any atom is 0.167 e. The molecule has 0 unspecified atom stereocenters. The van der Waals surface area contributed by atoms with Crippen LogP contribution in [0.1, 0.15) is 5.56 Å². The van der Waals surface area contributed by atoms with Crippen LogP contribution in [0.15, 0.2) is 24.3 Å². The minimum atomic E-state index is 0.196. The molecule has 5 heteroatoms. The Labute approximate surface area is 114 Å². The molecule has 2 nitrogen and oxygen atoms in total. The normalized spacial score (nSPS) is 10.0. The van der Waals surface area contributed by atoms with Gasteiger partial charge in [0.2, 0.25) is 0 Å². The van der Waals surface area contributed by atoms with Gasteiger partial charge in [-0.2, -0.15) is 0 Å². The van der Waals surface area contributed by atoms with Crippen LogP contribution >= 0.6 is 34.8 Å². The molecular weight excluding hydrogens is 279 g/mol. The van der Waals surface area contributed by atoms with E-state index in [0.29, 0.717) is 26.9 Å². The Kier molecular flexibility index (Phi) is 3.54. The molecule has 0 saturated carbocycles. The Morgan fingerprint density at radius 3 is 2.47 bits per heavy atom. The number of rotatable bonds is 1. The third-order valence-corrected chi connectivity index (χ3v) is 2.94. The van der Waals surface area contributed by atoms with Crippen molar-refractivity contribution in [1.29, 1.82) is 0 Å². The van der Waals surface area contributed by atoms with E-state index in [2.05, 4.69) is 16.1 Å². The molecule has 2 rings (SSSR count). The molecule has 0 N–H and O–H groups in total. The van der Waals surface area contributed by atoms with Crippen LogP contribution in [0.5, 0.6) is 0 Å². The second-order valence-corrected chi connectivity index (χ2v) is 4.40. The van der Waals surface area contributed by atoms with Crippen molar-refractivity contribution in [2.45, 2.75) is 0 Å². The SMILES string of the molecule is C#Cc1cc(-c2ccc(Cl)cc2Cl)nnc1Cl. The van der Waals surface area contributed by atoms with Gasteiger partial charge in [-0.1, -0.05) is 40.7 Å². The summed E-state index contributed by atoms with van der Waals surface area (Å²) in [4.78, 5) is 0. The molecule has 0 aliphatic carbocycles. The number of aromatic nitrogens is 2. The predicted octanol–water partition coefficient (Wildman–Crippen LogP) is 4.09. The zero-order valence-electron chi connectivity index (χ0n) is 8.42. The van der Waals surface area contributed by atoms with Gasteiger partial charge < -0.3 is 0 Å². The van der Waals surface area contributed by atoms with Crippen molar-refractivity contribution >= 4 is 34.8 Å². The van der Waals surface area contributed by atoms with E-state index >= 15 is 0 Å². The van der Waals surface area contributed by atoms with Crippen LogP contribution < -0.4 is 0 Å². The van der Waals surface area contributed by atoms with E-state index in [1.807, 2.05) is 0 Å². The van der Waals surface area contributed by atoms with Gasteiger partial charge in [-0.3, -0.25) is 0 Å². The van der Waals surface area contributed by atoms with Crippen LogP contribution in [0, 0.1) is 12.3 Å². The molecule has 0 aliphatic heterocycles. The summed E-state index contributed by atoms with van der Waals surface area (Å²) in [6, 6.07) is 6.76. The summed E-state index contributed by atoms with van der Waals surface area (Å²) in [5.74, 6) is 2.43. The van der Waals surface area contributed by atoms with Gasteiger partial charge in [-0.15, -0.1) is 16.6 Å². The Morgan fingerprint density at radius 2 is 1.82 bits per heavy atom. The summed E-state index contributed by atoms with van der Waals surface area (Å²) in [6.07, 6.45) is 5.30. The van der Waals surface area contributed by atoms with Crippen molar-refractivity contribution in [2.24, 2.45) is 0 Å². The molecule has 1 heterocycles. The molecule has 1 aromatic heterocycles. The zero-order valence-corrected chi connectivity index (χ0v) is 10.7. The van der Waals surface area contributed by atoms with Gasteiger partial charge in [0.15, 0.2) is 5.15 Å². The van der Waals surface area contributed by atoms with Gasteiger partial charge in [0.25, 0.3) is 0 Å². The van der Waals surface area contributed by atoms with E-state index in [1.165, 1.54) is 0 Å². The van der Waals surface area contributed by atoms with Crippen LogP contribution in [0.4, 0.5) is 0 Å². The maximum absolute atomic E-state index is 6.06. The summed E-state index contributed by atoms with van der Waals surface area (Å²) < 4.78 is 0. The summed E-state index contributed by atoms with van der Waals surface area (Å²) in [6.45, 7) is 0. The van der Waals surface area contributed by atoms with Crippen LogP contribution in [0.25, 0.3) is 11.3 Å². The summed E-state index contributed by atoms with van der Waals surface area (Å²) in [7, 11) is 0. The fraction of sp³-hybridized carbons (Fsp3) is 0. The number of hydrogen-bond donors (Lipinski definition) is 0. The highest BCUT2D eigenvalue weighted by Crippen LogP contribution is 2.29. The first-order chi connectivity index (χ1) is 8.11. The van der Waals surface area contributed by atoms with Gasteiger partial charge in [-0.25, -0.2) is 0 Å². The van der Waals surface area contributed by atoms with Crippen molar-refractivity contribution in [3.8, 4) is 23.6 Å². The van der Waals surface area contributed by atoms with Crippen molar-refractivity contribution in [3.63, 3.8) is 0 Å². The van der Waals surface area contributed by atoms with Crippen molar-refractivity contribution in [3.05, 3.63) is 45.0 Å². The topological polar surface area (TPSA) is 25.8 Å². The third kappa shape index (κ3) is 2.53. The van der Waals surface area contributed by atoms with Gasteiger partial charge in [0.1, 0.15) is 0 Å². The molecule has 0 amide bonds. The van der Waals surface area contributed by atoms with Crippen molar-refractivity contribution < 1.29 is 0 Å². The van der Waals surface area contributed by atoms with Crippen LogP contribution in [-0.4, -0.2) is 10.2 Å². The molecule has 2 aromatic rings. The third-order valence-electron chi connectivity index (χ3n) is 2.11. The molecule has 0 fully saturated rings. The molecule has 1 aromatic carbocycles. The monoisotopic (exact) mass is 282 g/mol. The molecule has 0 bridgehead atoms. The fourth-order valence-electron chi connectivity index (χ4n) is 1.31. The first-order valence-corrected chi connectivity index (χ1v) is 5.70. The standard InChI is InChI=1S/C12H5Cl3N2/c1-2-7-5-11(16-17-12(7)15)9-4-3-8(13)6-10(9)14/h1,3-6H. The van der Waals surface area contributed by atoms with E-state index in [9.17, 15) is 0 Å². The molecule has 0 spiro atoms. The highest BCUT2D eigenvalue weighted by atomic mass is 35.5. The molecule has 17 heavy (non-hydrogen) atoms. The maximum atomic E-state index is 6.06. The number of hydrogen-bond acceptors (Lipinski definition) is 2. The Hall–Kier alpha value is -1.27. The lowest BCUT2D eigenvalue weighted by Crippen LogP contribution is -1.92. The summed E-state index contributed by atoms with van der Waals surface area (Å²) in [5, 5.41) is 8.95. The molecule has 0 atom stereocenters. The van der Waals surface area contributed by atoms with Gasteiger partial charge in [0.05, 0.1) is 16.3 Å². The van der Waals surface area contributed by atoms with Crippen LogP contribution in [0.2, 0.25) is 15.2 Å². The molecule has 0 saturated heterocycles. The number of halogens is 3. The van der Waals surface area contributed by atoms with Gasteiger partial charge in [-0.05, 0) is 24.3 Å². The lowest BCUT2D eigenvalue weighted by molar-refractivity contribution is 1.03. The lowest BCUT2D eigenvalue weighted by Gasteiger charge is -2.04. The van der Waals surface area contributed by atoms with E-state index in [1.54, 1.807) is 24.3 Å². The van der Waals surface area contributed by atoms with E-state index in [0.717, 1.165) is 0 Å².